The van der Waals surface area contributed by atoms with Gasteiger partial charge in [-0.1, -0.05) is 17.4 Å². The lowest BCUT2D eigenvalue weighted by Gasteiger charge is -2.02. The normalized spacial score (nSPS) is 10.6. The Hall–Kier alpha value is -0.740. The van der Waals surface area contributed by atoms with E-state index in [0.717, 1.165) is 20.3 Å². The fourth-order valence-electron chi connectivity index (χ4n) is 1.23. The highest BCUT2D eigenvalue weighted by Crippen LogP contribution is 2.40. The van der Waals surface area contributed by atoms with Gasteiger partial charge in [-0.05, 0) is 28.1 Å². The van der Waals surface area contributed by atoms with Gasteiger partial charge in [0.2, 0.25) is 0 Å². The second-order valence-electron chi connectivity index (χ2n) is 2.58. The maximum atomic E-state index is 9.31. The van der Waals surface area contributed by atoms with Gasteiger partial charge in [0.25, 0.3) is 0 Å². The van der Waals surface area contributed by atoms with E-state index < -0.39 is 0 Å². The van der Waals surface area contributed by atoms with Crippen LogP contribution in [0.5, 0.6) is 10.8 Å². The molecule has 4 heteroatoms. The van der Waals surface area contributed by atoms with Crippen LogP contribution >= 0.6 is 27.3 Å². The number of methoxy groups -OCH3 is 1. The van der Waals surface area contributed by atoms with Gasteiger partial charge in [0.1, 0.15) is 0 Å². The zero-order chi connectivity index (χ0) is 9.42. The average molecular weight is 259 g/mol. The molecule has 2 rings (SSSR count). The highest BCUT2D eigenvalue weighted by atomic mass is 79.9. The van der Waals surface area contributed by atoms with Gasteiger partial charge in [0.05, 0.1) is 16.3 Å². The van der Waals surface area contributed by atoms with Gasteiger partial charge in [-0.2, -0.15) is 0 Å². The molecule has 0 bridgehead atoms. The van der Waals surface area contributed by atoms with E-state index in [2.05, 4.69) is 15.9 Å². The van der Waals surface area contributed by atoms with Crippen LogP contribution in [0.3, 0.4) is 0 Å². The van der Waals surface area contributed by atoms with Crippen LogP contribution in [0.4, 0.5) is 0 Å². The second kappa shape index (κ2) is 3.20. The minimum Gasteiger partial charge on any atom is -0.499 e. The molecule has 0 aliphatic carbocycles. The molecular weight excluding hydrogens is 252 g/mol. The molecule has 0 aliphatic rings. The average Bonchev–Trinajstić information content (AvgIpc) is 2.45. The third kappa shape index (κ3) is 1.40. The number of hydrogen-bond donors (Lipinski definition) is 1. The highest BCUT2D eigenvalue weighted by Gasteiger charge is 2.09. The predicted molar refractivity (Wildman–Crippen MR) is 57.7 cm³/mol. The van der Waals surface area contributed by atoms with Crippen LogP contribution in [0.15, 0.2) is 22.7 Å². The Kier molecular flexibility index (Phi) is 2.17. The van der Waals surface area contributed by atoms with Gasteiger partial charge in [-0.25, -0.2) is 0 Å². The maximum Gasteiger partial charge on any atom is 0.172 e. The Balaban J connectivity index is 2.82. The van der Waals surface area contributed by atoms with Crippen molar-refractivity contribution in [1.29, 1.82) is 0 Å². The first-order valence-electron chi connectivity index (χ1n) is 3.67. The smallest absolute Gasteiger partial charge is 0.172 e. The summed E-state index contributed by atoms with van der Waals surface area (Å²) in [7, 11) is 1.62. The lowest BCUT2D eigenvalue weighted by atomic mass is 10.2. The third-order valence-corrected chi connectivity index (χ3v) is 3.36. The SMILES string of the molecule is COc1c(Br)ccc2cc(O)sc12. The molecule has 0 amide bonds. The first kappa shape index (κ1) is 8.84. The molecule has 1 N–H and O–H groups in total. The fourth-order valence-corrected chi connectivity index (χ4v) is 2.78. The minimum atomic E-state index is 0.311. The van der Waals surface area contributed by atoms with Crippen molar-refractivity contribution < 1.29 is 9.84 Å². The van der Waals surface area contributed by atoms with Crippen LogP contribution in [0.2, 0.25) is 0 Å². The van der Waals surface area contributed by atoms with Crippen LogP contribution in [0.1, 0.15) is 0 Å². The summed E-state index contributed by atoms with van der Waals surface area (Å²) in [5.74, 6) is 0.780. The number of thiophene rings is 1. The molecule has 13 heavy (non-hydrogen) atoms. The molecule has 0 radical (unpaired) electrons. The molecule has 68 valence electrons. The molecule has 0 unspecified atom stereocenters. The van der Waals surface area contributed by atoms with Crippen molar-refractivity contribution in [1.82, 2.24) is 0 Å². The molecule has 0 aliphatic heterocycles. The Bertz CT molecular complexity index is 450. The van der Waals surface area contributed by atoms with E-state index in [1.165, 1.54) is 11.3 Å². The van der Waals surface area contributed by atoms with E-state index >= 15 is 0 Å². The van der Waals surface area contributed by atoms with Crippen molar-refractivity contribution in [3.8, 4) is 10.8 Å². The van der Waals surface area contributed by atoms with Crippen LogP contribution in [-0.2, 0) is 0 Å². The number of halogens is 1. The van der Waals surface area contributed by atoms with E-state index in [1.54, 1.807) is 13.2 Å². The van der Waals surface area contributed by atoms with E-state index in [4.69, 9.17) is 4.74 Å². The number of benzene rings is 1. The van der Waals surface area contributed by atoms with Crippen molar-refractivity contribution >= 4 is 37.4 Å². The number of hydrogen-bond acceptors (Lipinski definition) is 3. The summed E-state index contributed by atoms with van der Waals surface area (Å²) in [6.07, 6.45) is 0. The summed E-state index contributed by atoms with van der Waals surface area (Å²) in [5.41, 5.74) is 0. The van der Waals surface area contributed by atoms with Crippen molar-refractivity contribution in [3.63, 3.8) is 0 Å². The van der Waals surface area contributed by atoms with Crippen molar-refractivity contribution in [3.05, 3.63) is 22.7 Å². The summed E-state index contributed by atoms with van der Waals surface area (Å²) in [6, 6.07) is 5.58. The van der Waals surface area contributed by atoms with Gasteiger partial charge in [0.15, 0.2) is 10.8 Å². The first-order chi connectivity index (χ1) is 6.22. The Morgan fingerprint density at radius 2 is 2.23 bits per heavy atom. The standard InChI is InChI=1S/C9H7BrO2S/c1-12-8-6(10)3-2-5-4-7(11)13-9(5)8/h2-4,11H,1H3. The first-order valence-corrected chi connectivity index (χ1v) is 5.28. The quantitative estimate of drug-likeness (QED) is 0.850. The van der Waals surface area contributed by atoms with Gasteiger partial charge < -0.3 is 9.84 Å². The number of ether oxygens (including phenoxy) is 1. The summed E-state index contributed by atoms with van der Waals surface area (Å²) >= 11 is 4.70. The molecule has 1 aromatic heterocycles. The molecule has 0 saturated heterocycles. The topological polar surface area (TPSA) is 29.5 Å². The second-order valence-corrected chi connectivity index (χ2v) is 4.47. The summed E-state index contributed by atoms with van der Waals surface area (Å²) in [6.45, 7) is 0. The Labute approximate surface area is 87.9 Å². The predicted octanol–water partition coefficient (Wildman–Crippen LogP) is 3.38. The Morgan fingerprint density at radius 3 is 2.92 bits per heavy atom. The van der Waals surface area contributed by atoms with E-state index in [1.807, 2.05) is 12.1 Å². The molecule has 2 aromatic rings. The zero-order valence-corrected chi connectivity index (χ0v) is 9.28. The van der Waals surface area contributed by atoms with Gasteiger partial charge in [-0.3, -0.25) is 0 Å². The van der Waals surface area contributed by atoms with Crippen LogP contribution in [-0.4, -0.2) is 12.2 Å². The summed E-state index contributed by atoms with van der Waals surface area (Å²) in [5, 5.41) is 10.6. The lowest BCUT2D eigenvalue weighted by Crippen LogP contribution is -1.83. The number of aromatic hydroxyl groups is 1. The molecule has 1 heterocycles. The van der Waals surface area contributed by atoms with E-state index in [-0.39, 0.29) is 0 Å². The Morgan fingerprint density at radius 1 is 1.46 bits per heavy atom. The zero-order valence-electron chi connectivity index (χ0n) is 6.87. The van der Waals surface area contributed by atoms with Crippen LogP contribution in [0.25, 0.3) is 10.1 Å². The number of fused-ring (bicyclic) bond motifs is 1. The molecule has 0 spiro atoms. The van der Waals surface area contributed by atoms with Gasteiger partial charge >= 0.3 is 0 Å². The number of rotatable bonds is 1. The van der Waals surface area contributed by atoms with Crippen LogP contribution < -0.4 is 4.74 Å². The van der Waals surface area contributed by atoms with E-state index in [9.17, 15) is 5.11 Å². The minimum absolute atomic E-state index is 0.311. The van der Waals surface area contributed by atoms with Crippen molar-refractivity contribution in [2.45, 2.75) is 0 Å². The molecule has 0 fully saturated rings. The highest BCUT2D eigenvalue weighted by molar-refractivity contribution is 9.10. The summed E-state index contributed by atoms with van der Waals surface area (Å²) < 4.78 is 7.10. The van der Waals surface area contributed by atoms with Gasteiger partial charge in [0, 0.05) is 5.39 Å². The van der Waals surface area contributed by atoms with E-state index in [0.29, 0.717) is 5.06 Å². The molecule has 1 aromatic carbocycles. The lowest BCUT2D eigenvalue weighted by molar-refractivity contribution is 0.418. The molecule has 0 atom stereocenters. The maximum absolute atomic E-state index is 9.31. The van der Waals surface area contributed by atoms with Crippen molar-refractivity contribution in [2.75, 3.05) is 7.11 Å². The third-order valence-electron chi connectivity index (χ3n) is 1.78. The van der Waals surface area contributed by atoms with Crippen LogP contribution in [0, 0.1) is 0 Å². The molecular formula is C9H7BrO2S. The largest absolute Gasteiger partial charge is 0.499 e. The fraction of sp³-hybridized carbons (Fsp3) is 0.111. The monoisotopic (exact) mass is 258 g/mol. The van der Waals surface area contributed by atoms with Crippen molar-refractivity contribution in [2.24, 2.45) is 0 Å². The molecule has 2 nitrogen and oxygen atoms in total. The van der Waals surface area contributed by atoms with Gasteiger partial charge in [-0.15, -0.1) is 0 Å². The molecule has 0 saturated carbocycles. The summed E-state index contributed by atoms with van der Waals surface area (Å²) in [4.78, 5) is 0.